The summed E-state index contributed by atoms with van der Waals surface area (Å²) in [5.74, 6) is 0. The summed E-state index contributed by atoms with van der Waals surface area (Å²) in [6, 6.07) is 0. The van der Waals surface area contributed by atoms with Crippen LogP contribution in [0.3, 0.4) is 0 Å². The first-order valence-corrected chi connectivity index (χ1v) is 8.18. The molecule has 2 unspecified atom stereocenters. The minimum atomic E-state index is -0.871. The van der Waals surface area contributed by atoms with Gasteiger partial charge in [-0.25, -0.2) is 9.59 Å². The van der Waals surface area contributed by atoms with Gasteiger partial charge in [0.2, 0.25) is 0 Å². The zero-order valence-corrected chi connectivity index (χ0v) is 14.9. The molecule has 0 amide bonds. The molecule has 0 bridgehead atoms. The molecule has 2 atom stereocenters. The predicted molar refractivity (Wildman–Crippen MR) is 90.3 cm³/mol. The smallest absolute Gasteiger partial charge is 0.431 e. The fourth-order valence-electron chi connectivity index (χ4n) is 1.75. The van der Waals surface area contributed by atoms with Gasteiger partial charge in [0.05, 0.1) is 0 Å². The third kappa shape index (κ3) is 14.7. The number of nitrogens with zero attached hydrogens (tertiary/aromatic N) is 6. The molecule has 0 aromatic carbocycles. The molecule has 0 N–H and O–H groups in total. The average molecular weight is 372 g/mol. The van der Waals surface area contributed by atoms with Crippen molar-refractivity contribution in [3.8, 4) is 0 Å². The molecule has 0 aliphatic rings. The van der Waals surface area contributed by atoms with Crippen molar-refractivity contribution in [2.75, 3.05) is 26.3 Å². The molecule has 0 aliphatic carbocycles. The Morgan fingerprint density at radius 3 is 1.58 bits per heavy atom. The minimum absolute atomic E-state index is 0.162. The summed E-state index contributed by atoms with van der Waals surface area (Å²) in [4.78, 5) is 28.1. The Bertz CT molecular complexity index is 472. The van der Waals surface area contributed by atoms with E-state index in [1.165, 1.54) is 0 Å². The molecule has 146 valence electrons. The van der Waals surface area contributed by atoms with E-state index in [2.05, 4.69) is 20.1 Å². The zero-order chi connectivity index (χ0) is 19.6. The Labute approximate surface area is 151 Å². The second-order valence-corrected chi connectivity index (χ2v) is 5.25. The Morgan fingerprint density at radius 1 is 0.846 bits per heavy atom. The molecule has 0 aliphatic heterocycles. The largest absolute Gasteiger partial charge is 0.508 e. The molecule has 0 heterocycles. The maximum Gasteiger partial charge on any atom is 0.508 e. The van der Waals surface area contributed by atoms with Gasteiger partial charge in [-0.15, -0.1) is 0 Å². The molecule has 0 rings (SSSR count). The minimum Gasteiger partial charge on any atom is -0.431 e. The monoisotopic (exact) mass is 372 g/mol. The van der Waals surface area contributed by atoms with Crippen LogP contribution in [0, 0.1) is 0 Å². The van der Waals surface area contributed by atoms with Crippen molar-refractivity contribution < 1.29 is 28.5 Å². The van der Waals surface area contributed by atoms with Gasteiger partial charge in [-0.2, -0.15) is 0 Å². The second kappa shape index (κ2) is 15.7. The lowest BCUT2D eigenvalue weighted by Gasteiger charge is -2.14. The van der Waals surface area contributed by atoms with E-state index in [0.29, 0.717) is 38.8 Å². The lowest BCUT2D eigenvalue weighted by Crippen LogP contribution is -2.21. The van der Waals surface area contributed by atoms with E-state index >= 15 is 0 Å². The van der Waals surface area contributed by atoms with Crippen molar-refractivity contribution in [3.63, 3.8) is 0 Å². The fraction of sp³-hybridized carbons (Fsp3) is 0.857. The fourth-order valence-corrected chi connectivity index (χ4v) is 1.75. The molecule has 26 heavy (non-hydrogen) atoms. The van der Waals surface area contributed by atoms with Crippen LogP contribution in [0.4, 0.5) is 9.59 Å². The Kier molecular flexibility index (Phi) is 14.0. The number of carbonyl (C=O) groups is 2. The van der Waals surface area contributed by atoms with E-state index in [9.17, 15) is 9.59 Å². The van der Waals surface area contributed by atoms with Gasteiger partial charge >= 0.3 is 12.3 Å². The lowest BCUT2D eigenvalue weighted by molar-refractivity contribution is -0.00454. The SMILES string of the molecule is CC(CCCN=[N+]=[N-])OC(=O)OCCOC(=O)OC(C)CCCN=[N+]=[N-]. The predicted octanol–water partition coefficient (Wildman–Crippen LogP) is 4.25. The molecule has 0 saturated heterocycles. The summed E-state index contributed by atoms with van der Waals surface area (Å²) >= 11 is 0. The summed E-state index contributed by atoms with van der Waals surface area (Å²) in [7, 11) is 0. The Morgan fingerprint density at radius 2 is 1.23 bits per heavy atom. The van der Waals surface area contributed by atoms with Gasteiger partial charge in [0.25, 0.3) is 0 Å². The number of hydrogen-bond donors (Lipinski definition) is 0. The van der Waals surface area contributed by atoms with Crippen LogP contribution in [-0.4, -0.2) is 50.8 Å². The van der Waals surface area contributed by atoms with E-state index < -0.39 is 12.3 Å². The van der Waals surface area contributed by atoms with Crippen molar-refractivity contribution in [2.24, 2.45) is 10.2 Å². The van der Waals surface area contributed by atoms with Crippen LogP contribution in [0.2, 0.25) is 0 Å². The highest BCUT2D eigenvalue weighted by atomic mass is 16.8. The number of carbonyl (C=O) groups excluding carboxylic acids is 2. The van der Waals surface area contributed by atoms with Crippen molar-refractivity contribution in [3.05, 3.63) is 20.9 Å². The molecule has 0 aromatic heterocycles. The highest BCUT2D eigenvalue weighted by molar-refractivity contribution is 5.61. The molecule has 0 fully saturated rings. The first-order chi connectivity index (χ1) is 12.5. The van der Waals surface area contributed by atoms with Crippen LogP contribution < -0.4 is 0 Å². The maximum atomic E-state index is 11.4. The highest BCUT2D eigenvalue weighted by Crippen LogP contribution is 2.05. The van der Waals surface area contributed by atoms with E-state index in [1.54, 1.807) is 13.8 Å². The molecule has 12 nitrogen and oxygen atoms in total. The lowest BCUT2D eigenvalue weighted by atomic mass is 10.2. The normalized spacial score (nSPS) is 11.9. The zero-order valence-electron chi connectivity index (χ0n) is 14.9. The van der Waals surface area contributed by atoms with Gasteiger partial charge in [-0.05, 0) is 50.6 Å². The van der Waals surface area contributed by atoms with Crippen molar-refractivity contribution in [2.45, 2.75) is 51.7 Å². The summed E-state index contributed by atoms with van der Waals surface area (Å²) < 4.78 is 19.5. The van der Waals surface area contributed by atoms with Gasteiger partial charge in [0.15, 0.2) is 0 Å². The molecular formula is C14H24N6O6. The maximum absolute atomic E-state index is 11.4. The van der Waals surface area contributed by atoms with Crippen LogP contribution in [0.1, 0.15) is 39.5 Å². The third-order valence-corrected chi connectivity index (χ3v) is 2.98. The first-order valence-electron chi connectivity index (χ1n) is 8.18. The summed E-state index contributed by atoms with van der Waals surface area (Å²) in [5, 5.41) is 6.75. The van der Waals surface area contributed by atoms with Crippen molar-refractivity contribution >= 4 is 12.3 Å². The Balaban J connectivity index is 3.70. The Hall–Kier alpha value is -2.84. The van der Waals surface area contributed by atoms with Crippen molar-refractivity contribution in [1.29, 1.82) is 0 Å². The van der Waals surface area contributed by atoms with E-state index in [1.807, 2.05) is 0 Å². The van der Waals surface area contributed by atoms with Crippen LogP contribution >= 0.6 is 0 Å². The van der Waals surface area contributed by atoms with Gasteiger partial charge in [-0.3, -0.25) is 0 Å². The van der Waals surface area contributed by atoms with E-state index in [4.69, 9.17) is 30.0 Å². The highest BCUT2D eigenvalue weighted by Gasteiger charge is 2.13. The number of ether oxygens (including phenoxy) is 4. The molecular weight excluding hydrogens is 348 g/mol. The molecule has 12 heteroatoms. The standard InChI is InChI=1S/C14H24N6O6/c1-11(5-3-7-17-19-15)25-13(21)23-9-10-24-14(22)26-12(2)6-4-8-18-20-16/h11-12H,3-10H2,1-2H3. The van der Waals surface area contributed by atoms with E-state index in [0.717, 1.165) is 0 Å². The molecule has 0 saturated carbocycles. The number of hydrogen-bond acceptors (Lipinski definition) is 8. The summed E-state index contributed by atoms with van der Waals surface area (Å²) in [6.07, 6.45) is -0.247. The summed E-state index contributed by atoms with van der Waals surface area (Å²) in [5.41, 5.74) is 16.3. The van der Waals surface area contributed by atoms with Gasteiger partial charge in [0, 0.05) is 22.9 Å². The van der Waals surface area contributed by atoms with Crippen LogP contribution in [0.15, 0.2) is 10.2 Å². The van der Waals surface area contributed by atoms with E-state index in [-0.39, 0.29) is 25.4 Å². The number of rotatable bonds is 13. The second-order valence-electron chi connectivity index (χ2n) is 5.25. The molecule has 0 radical (unpaired) electrons. The van der Waals surface area contributed by atoms with Gasteiger partial charge in [-0.1, -0.05) is 10.2 Å². The topological polar surface area (TPSA) is 169 Å². The number of azide groups is 2. The van der Waals surface area contributed by atoms with Crippen LogP contribution in [0.25, 0.3) is 20.9 Å². The molecule has 0 aromatic rings. The van der Waals surface area contributed by atoms with Gasteiger partial charge < -0.3 is 18.9 Å². The average Bonchev–Trinajstić information content (AvgIpc) is 2.59. The quantitative estimate of drug-likeness (QED) is 0.154. The van der Waals surface area contributed by atoms with Crippen LogP contribution in [-0.2, 0) is 18.9 Å². The molecule has 0 spiro atoms. The van der Waals surface area contributed by atoms with Crippen LogP contribution in [0.5, 0.6) is 0 Å². The first kappa shape index (κ1) is 23.2. The van der Waals surface area contributed by atoms with Gasteiger partial charge in [0.1, 0.15) is 25.4 Å². The third-order valence-electron chi connectivity index (χ3n) is 2.98. The van der Waals surface area contributed by atoms with Crippen molar-refractivity contribution in [1.82, 2.24) is 0 Å². The summed E-state index contributed by atoms with van der Waals surface area (Å²) in [6.45, 7) is 3.72.